The largest absolute Gasteiger partial charge is 0.469 e. The minimum atomic E-state index is -0.468. The van der Waals surface area contributed by atoms with E-state index in [9.17, 15) is 4.79 Å². The molecule has 2 aromatic rings. The smallest absolute Gasteiger partial charge is 0.312 e. The lowest BCUT2D eigenvalue weighted by Gasteiger charge is -2.15. The van der Waals surface area contributed by atoms with E-state index >= 15 is 0 Å². The lowest BCUT2D eigenvalue weighted by molar-refractivity contribution is -0.147. The van der Waals surface area contributed by atoms with E-state index in [1.165, 1.54) is 7.11 Å². The number of nitrogens with zero attached hydrogens (tertiary/aromatic N) is 1. The summed E-state index contributed by atoms with van der Waals surface area (Å²) in [5.74, 6) is 0.0126. The fourth-order valence-corrected chi connectivity index (χ4v) is 3.19. The Labute approximate surface area is 130 Å². The standard InChI is InChI=1S/C19H17NO2/c1-22-18(21)19(11-14-5-3-2-4-6-14)12-17(19)16-9-7-15(13-20)8-10-16/h2-10,17H,11-12H2,1H3. The van der Waals surface area contributed by atoms with Crippen LogP contribution in [0.15, 0.2) is 54.6 Å². The van der Waals surface area contributed by atoms with Crippen LogP contribution in [0.25, 0.3) is 0 Å². The van der Waals surface area contributed by atoms with Gasteiger partial charge in [0.1, 0.15) is 0 Å². The molecule has 110 valence electrons. The summed E-state index contributed by atoms with van der Waals surface area (Å²) in [5.41, 5.74) is 2.41. The van der Waals surface area contributed by atoms with Crippen LogP contribution in [0.5, 0.6) is 0 Å². The fourth-order valence-electron chi connectivity index (χ4n) is 3.19. The number of methoxy groups -OCH3 is 1. The first-order valence-electron chi connectivity index (χ1n) is 7.32. The van der Waals surface area contributed by atoms with E-state index in [0.717, 1.165) is 17.5 Å². The van der Waals surface area contributed by atoms with Crippen molar-refractivity contribution in [2.24, 2.45) is 5.41 Å². The summed E-state index contributed by atoms with van der Waals surface area (Å²) in [6, 6.07) is 19.6. The molecule has 1 fully saturated rings. The SMILES string of the molecule is COC(=O)C1(Cc2ccccc2)CC1c1ccc(C#N)cc1. The molecule has 0 spiro atoms. The number of carbonyl (C=O) groups is 1. The lowest BCUT2D eigenvalue weighted by Crippen LogP contribution is -2.22. The Balaban J connectivity index is 1.87. The Hall–Kier alpha value is -2.60. The Bertz CT molecular complexity index is 715. The second kappa shape index (κ2) is 5.65. The summed E-state index contributed by atoms with van der Waals surface area (Å²) in [6.07, 6.45) is 1.48. The van der Waals surface area contributed by atoms with Crippen LogP contribution in [-0.4, -0.2) is 13.1 Å². The van der Waals surface area contributed by atoms with Crippen LogP contribution in [0.4, 0.5) is 0 Å². The van der Waals surface area contributed by atoms with Gasteiger partial charge in [-0.1, -0.05) is 42.5 Å². The van der Waals surface area contributed by atoms with E-state index in [-0.39, 0.29) is 11.9 Å². The van der Waals surface area contributed by atoms with Gasteiger partial charge in [0.15, 0.2) is 0 Å². The maximum Gasteiger partial charge on any atom is 0.312 e. The second-order valence-electron chi connectivity index (χ2n) is 5.80. The van der Waals surface area contributed by atoms with E-state index < -0.39 is 5.41 Å². The van der Waals surface area contributed by atoms with Gasteiger partial charge in [0, 0.05) is 5.92 Å². The van der Waals surface area contributed by atoms with Gasteiger partial charge in [-0.15, -0.1) is 0 Å². The normalized spacial score (nSPS) is 22.6. The highest BCUT2D eigenvalue weighted by Crippen LogP contribution is 2.61. The highest BCUT2D eigenvalue weighted by molar-refractivity contribution is 5.82. The number of ether oxygens (including phenoxy) is 1. The molecule has 2 aromatic carbocycles. The van der Waals surface area contributed by atoms with Crippen molar-refractivity contribution in [2.45, 2.75) is 18.8 Å². The molecule has 1 aliphatic rings. The van der Waals surface area contributed by atoms with Gasteiger partial charge in [0.2, 0.25) is 0 Å². The molecule has 22 heavy (non-hydrogen) atoms. The van der Waals surface area contributed by atoms with E-state index in [4.69, 9.17) is 10.00 Å². The Morgan fingerprint density at radius 1 is 1.23 bits per heavy atom. The van der Waals surface area contributed by atoms with Gasteiger partial charge < -0.3 is 4.74 Å². The molecule has 3 nitrogen and oxygen atoms in total. The molecule has 0 radical (unpaired) electrons. The van der Waals surface area contributed by atoms with E-state index in [1.54, 1.807) is 12.1 Å². The number of carbonyl (C=O) groups excluding carboxylic acids is 1. The summed E-state index contributed by atoms with van der Waals surface area (Å²) < 4.78 is 5.06. The van der Waals surface area contributed by atoms with E-state index in [1.807, 2.05) is 42.5 Å². The fraction of sp³-hybridized carbons (Fsp3) is 0.263. The number of benzene rings is 2. The second-order valence-corrected chi connectivity index (χ2v) is 5.80. The first kappa shape index (κ1) is 14.3. The molecule has 1 saturated carbocycles. The molecule has 3 heteroatoms. The maximum absolute atomic E-state index is 12.3. The first-order chi connectivity index (χ1) is 10.7. The topological polar surface area (TPSA) is 50.1 Å². The highest BCUT2D eigenvalue weighted by Gasteiger charge is 2.61. The zero-order valence-electron chi connectivity index (χ0n) is 12.5. The van der Waals surface area contributed by atoms with Crippen molar-refractivity contribution in [2.75, 3.05) is 7.11 Å². The quantitative estimate of drug-likeness (QED) is 0.811. The lowest BCUT2D eigenvalue weighted by atomic mass is 9.91. The molecule has 0 aliphatic heterocycles. The van der Waals surface area contributed by atoms with Crippen LogP contribution >= 0.6 is 0 Å². The predicted molar refractivity (Wildman–Crippen MR) is 83.1 cm³/mol. The zero-order valence-corrected chi connectivity index (χ0v) is 12.5. The third kappa shape index (κ3) is 2.48. The molecule has 0 heterocycles. The van der Waals surface area contributed by atoms with Gasteiger partial charge in [-0.05, 0) is 36.1 Å². The molecular weight excluding hydrogens is 274 g/mol. The molecule has 0 aromatic heterocycles. The molecule has 0 bridgehead atoms. The van der Waals surface area contributed by atoms with Crippen LogP contribution in [0.2, 0.25) is 0 Å². The van der Waals surface area contributed by atoms with E-state index in [2.05, 4.69) is 6.07 Å². The minimum absolute atomic E-state index is 0.147. The van der Waals surface area contributed by atoms with Crippen molar-refractivity contribution in [1.82, 2.24) is 0 Å². The average molecular weight is 291 g/mol. The summed E-state index contributed by atoms with van der Waals surface area (Å²) in [4.78, 5) is 12.3. The molecule has 3 rings (SSSR count). The van der Waals surface area contributed by atoms with Crippen LogP contribution in [0, 0.1) is 16.7 Å². The molecule has 2 atom stereocenters. The van der Waals surface area contributed by atoms with Crippen molar-refractivity contribution >= 4 is 5.97 Å². The molecule has 1 aliphatic carbocycles. The Morgan fingerprint density at radius 2 is 1.91 bits per heavy atom. The minimum Gasteiger partial charge on any atom is -0.469 e. The third-order valence-corrected chi connectivity index (χ3v) is 4.47. The van der Waals surface area contributed by atoms with E-state index in [0.29, 0.717) is 12.0 Å². The van der Waals surface area contributed by atoms with Gasteiger partial charge in [-0.3, -0.25) is 4.79 Å². The molecule has 0 N–H and O–H groups in total. The van der Waals surface area contributed by atoms with Crippen molar-refractivity contribution in [3.05, 3.63) is 71.3 Å². The van der Waals surface area contributed by atoms with Crippen molar-refractivity contribution in [3.63, 3.8) is 0 Å². The van der Waals surface area contributed by atoms with Gasteiger partial charge in [-0.2, -0.15) is 5.26 Å². The molecular formula is C19H17NO2. The average Bonchev–Trinajstić information content (AvgIpc) is 3.30. The maximum atomic E-state index is 12.3. The molecule has 0 amide bonds. The number of hydrogen-bond acceptors (Lipinski definition) is 3. The van der Waals surface area contributed by atoms with Crippen molar-refractivity contribution in [3.8, 4) is 6.07 Å². The number of rotatable bonds is 4. The van der Waals surface area contributed by atoms with Gasteiger partial charge in [0.05, 0.1) is 24.2 Å². The van der Waals surface area contributed by atoms with Crippen LogP contribution in [0.3, 0.4) is 0 Å². The molecule has 2 unspecified atom stereocenters. The zero-order chi connectivity index (χ0) is 15.6. The summed E-state index contributed by atoms with van der Waals surface area (Å²) in [6.45, 7) is 0. The van der Waals surface area contributed by atoms with Crippen LogP contribution in [0.1, 0.15) is 29.0 Å². The predicted octanol–water partition coefficient (Wildman–Crippen LogP) is 3.45. The van der Waals surface area contributed by atoms with Crippen molar-refractivity contribution in [1.29, 1.82) is 5.26 Å². The Kier molecular flexibility index (Phi) is 3.68. The van der Waals surface area contributed by atoms with Gasteiger partial charge in [0.25, 0.3) is 0 Å². The summed E-state index contributed by atoms with van der Waals surface area (Å²) in [7, 11) is 1.45. The summed E-state index contributed by atoms with van der Waals surface area (Å²) in [5, 5.41) is 8.88. The number of nitriles is 1. The summed E-state index contributed by atoms with van der Waals surface area (Å²) >= 11 is 0. The van der Waals surface area contributed by atoms with Gasteiger partial charge in [-0.25, -0.2) is 0 Å². The highest BCUT2D eigenvalue weighted by atomic mass is 16.5. The van der Waals surface area contributed by atoms with Crippen LogP contribution < -0.4 is 0 Å². The van der Waals surface area contributed by atoms with Gasteiger partial charge >= 0.3 is 5.97 Å². The Morgan fingerprint density at radius 3 is 2.50 bits per heavy atom. The van der Waals surface area contributed by atoms with Crippen molar-refractivity contribution < 1.29 is 9.53 Å². The first-order valence-corrected chi connectivity index (χ1v) is 7.32. The number of esters is 1. The number of hydrogen-bond donors (Lipinski definition) is 0. The molecule has 0 saturated heterocycles. The van der Waals surface area contributed by atoms with Crippen LogP contribution in [-0.2, 0) is 16.0 Å². The monoisotopic (exact) mass is 291 g/mol. The third-order valence-electron chi connectivity index (χ3n) is 4.47.